The summed E-state index contributed by atoms with van der Waals surface area (Å²) in [5.74, 6) is 1.28. The molecule has 23 heavy (non-hydrogen) atoms. The van der Waals surface area contributed by atoms with Crippen molar-refractivity contribution >= 4 is 34.2 Å². The summed E-state index contributed by atoms with van der Waals surface area (Å²) in [4.78, 5) is 16.1. The van der Waals surface area contributed by atoms with E-state index >= 15 is 0 Å². The lowest BCUT2D eigenvalue weighted by Gasteiger charge is -2.08. The second-order valence-electron chi connectivity index (χ2n) is 4.77. The topological polar surface area (TPSA) is 51.2 Å². The van der Waals surface area contributed by atoms with Gasteiger partial charge in [0.2, 0.25) is 0 Å². The molecule has 0 aliphatic rings. The molecule has 1 amide bonds. The van der Waals surface area contributed by atoms with Crippen molar-refractivity contribution in [2.24, 2.45) is 0 Å². The van der Waals surface area contributed by atoms with Gasteiger partial charge >= 0.3 is 0 Å². The SMILES string of the molecule is O=C(Nc1ccc(Oc2ccncc2)cc1)c1ccc(I)cc1. The fraction of sp³-hybridized carbons (Fsp3) is 0. The molecule has 0 aliphatic heterocycles. The van der Waals surface area contributed by atoms with Crippen LogP contribution in [-0.2, 0) is 0 Å². The maximum atomic E-state index is 12.1. The largest absolute Gasteiger partial charge is 0.457 e. The van der Waals surface area contributed by atoms with Crippen LogP contribution in [0.25, 0.3) is 0 Å². The van der Waals surface area contributed by atoms with E-state index in [-0.39, 0.29) is 5.91 Å². The molecule has 114 valence electrons. The van der Waals surface area contributed by atoms with E-state index in [0.29, 0.717) is 11.3 Å². The molecule has 1 heterocycles. The second-order valence-corrected chi connectivity index (χ2v) is 6.02. The number of carbonyl (C=O) groups is 1. The van der Waals surface area contributed by atoms with Crippen molar-refractivity contribution in [3.05, 3.63) is 82.2 Å². The van der Waals surface area contributed by atoms with Crippen molar-refractivity contribution < 1.29 is 9.53 Å². The summed E-state index contributed by atoms with van der Waals surface area (Å²) in [5.41, 5.74) is 1.35. The van der Waals surface area contributed by atoms with Crippen LogP contribution < -0.4 is 10.1 Å². The number of nitrogens with one attached hydrogen (secondary N) is 1. The van der Waals surface area contributed by atoms with E-state index in [1.165, 1.54) is 0 Å². The van der Waals surface area contributed by atoms with E-state index in [1.54, 1.807) is 48.8 Å². The number of rotatable bonds is 4. The van der Waals surface area contributed by atoms with E-state index < -0.39 is 0 Å². The van der Waals surface area contributed by atoms with Crippen LogP contribution >= 0.6 is 22.6 Å². The lowest BCUT2D eigenvalue weighted by atomic mass is 10.2. The molecular weight excluding hydrogens is 403 g/mol. The summed E-state index contributed by atoms with van der Waals surface area (Å²) in [6.07, 6.45) is 3.34. The van der Waals surface area contributed by atoms with Gasteiger partial charge in [0.1, 0.15) is 11.5 Å². The maximum Gasteiger partial charge on any atom is 0.255 e. The summed E-state index contributed by atoms with van der Waals surface area (Å²) in [5, 5.41) is 2.86. The molecule has 0 fully saturated rings. The summed E-state index contributed by atoms with van der Waals surface area (Å²) >= 11 is 2.21. The molecule has 1 N–H and O–H groups in total. The van der Waals surface area contributed by atoms with Gasteiger partial charge in [-0.2, -0.15) is 0 Å². The number of nitrogens with zero attached hydrogens (tertiary/aromatic N) is 1. The molecule has 3 rings (SSSR count). The number of benzene rings is 2. The number of hydrogen-bond donors (Lipinski definition) is 1. The molecule has 0 spiro atoms. The van der Waals surface area contributed by atoms with E-state index in [2.05, 4.69) is 32.9 Å². The number of carbonyl (C=O) groups excluding carboxylic acids is 1. The van der Waals surface area contributed by atoms with Crippen LogP contribution in [0, 0.1) is 3.57 Å². The standard InChI is InChI=1S/C18H13IN2O2/c19-14-3-1-13(2-4-14)18(22)21-15-5-7-16(8-6-15)23-17-9-11-20-12-10-17/h1-12H,(H,21,22). The highest BCUT2D eigenvalue weighted by atomic mass is 127. The number of pyridine rings is 1. The second kappa shape index (κ2) is 7.23. The third-order valence-corrected chi connectivity index (χ3v) is 3.82. The van der Waals surface area contributed by atoms with Crippen LogP contribution in [0.1, 0.15) is 10.4 Å². The highest BCUT2D eigenvalue weighted by Crippen LogP contribution is 2.22. The molecule has 4 nitrogen and oxygen atoms in total. The monoisotopic (exact) mass is 416 g/mol. The Kier molecular flexibility index (Phi) is 4.87. The Morgan fingerprint density at radius 1 is 0.870 bits per heavy atom. The van der Waals surface area contributed by atoms with Gasteiger partial charge in [0.05, 0.1) is 0 Å². The van der Waals surface area contributed by atoms with Crippen molar-refractivity contribution in [3.8, 4) is 11.5 Å². The van der Waals surface area contributed by atoms with Gasteiger partial charge in [-0.05, 0) is 83.3 Å². The van der Waals surface area contributed by atoms with Crippen LogP contribution in [0.3, 0.4) is 0 Å². The van der Waals surface area contributed by atoms with Gasteiger partial charge in [-0.3, -0.25) is 9.78 Å². The van der Waals surface area contributed by atoms with Crippen molar-refractivity contribution in [2.75, 3.05) is 5.32 Å². The van der Waals surface area contributed by atoms with E-state index in [4.69, 9.17) is 4.74 Å². The first kappa shape index (κ1) is 15.5. The van der Waals surface area contributed by atoms with Gasteiger partial charge in [-0.15, -0.1) is 0 Å². The zero-order chi connectivity index (χ0) is 16.1. The van der Waals surface area contributed by atoms with Gasteiger partial charge in [-0.25, -0.2) is 0 Å². The first-order chi connectivity index (χ1) is 11.2. The minimum absolute atomic E-state index is 0.135. The molecule has 0 saturated carbocycles. The highest BCUT2D eigenvalue weighted by molar-refractivity contribution is 14.1. The van der Waals surface area contributed by atoms with Gasteiger partial charge in [0.15, 0.2) is 0 Å². The average molecular weight is 416 g/mol. The Bertz CT molecular complexity index is 788. The lowest BCUT2D eigenvalue weighted by molar-refractivity contribution is 0.102. The first-order valence-corrected chi connectivity index (χ1v) is 8.03. The Morgan fingerprint density at radius 3 is 2.13 bits per heavy atom. The Balaban J connectivity index is 1.65. The Labute approximate surface area is 147 Å². The van der Waals surface area contributed by atoms with E-state index in [0.717, 1.165) is 15.0 Å². The predicted octanol–water partition coefficient (Wildman–Crippen LogP) is 4.73. The summed E-state index contributed by atoms with van der Waals surface area (Å²) < 4.78 is 6.78. The molecule has 2 aromatic carbocycles. The molecule has 0 unspecified atom stereocenters. The zero-order valence-corrected chi connectivity index (χ0v) is 14.2. The molecule has 3 aromatic rings. The van der Waals surface area contributed by atoms with E-state index in [9.17, 15) is 4.79 Å². The molecule has 1 aromatic heterocycles. The van der Waals surface area contributed by atoms with Crippen LogP contribution in [0.5, 0.6) is 11.5 Å². The Morgan fingerprint density at radius 2 is 1.48 bits per heavy atom. The van der Waals surface area contributed by atoms with Gasteiger partial charge < -0.3 is 10.1 Å². The smallest absolute Gasteiger partial charge is 0.255 e. The normalized spacial score (nSPS) is 10.1. The van der Waals surface area contributed by atoms with Crippen molar-refractivity contribution in [2.45, 2.75) is 0 Å². The fourth-order valence-corrected chi connectivity index (χ4v) is 2.31. The number of halogens is 1. The number of hydrogen-bond acceptors (Lipinski definition) is 3. The maximum absolute atomic E-state index is 12.1. The van der Waals surface area contributed by atoms with Gasteiger partial charge in [0, 0.05) is 27.2 Å². The summed E-state index contributed by atoms with van der Waals surface area (Å²) in [6, 6.07) is 18.2. The minimum Gasteiger partial charge on any atom is -0.457 e. The quantitative estimate of drug-likeness (QED) is 0.626. The first-order valence-electron chi connectivity index (χ1n) is 6.95. The Hall–Kier alpha value is -2.41. The highest BCUT2D eigenvalue weighted by Gasteiger charge is 2.06. The molecule has 0 radical (unpaired) electrons. The van der Waals surface area contributed by atoms with E-state index in [1.807, 2.05) is 24.3 Å². The molecule has 0 aliphatic carbocycles. The molecule has 0 saturated heterocycles. The zero-order valence-electron chi connectivity index (χ0n) is 12.1. The van der Waals surface area contributed by atoms with Gasteiger partial charge in [-0.1, -0.05) is 0 Å². The lowest BCUT2D eigenvalue weighted by Crippen LogP contribution is -2.11. The van der Waals surface area contributed by atoms with Crippen molar-refractivity contribution in [1.82, 2.24) is 4.98 Å². The average Bonchev–Trinajstić information content (AvgIpc) is 2.58. The van der Waals surface area contributed by atoms with Gasteiger partial charge in [0.25, 0.3) is 5.91 Å². The number of aromatic nitrogens is 1. The number of anilines is 1. The molecular formula is C18H13IN2O2. The molecule has 0 bridgehead atoms. The minimum atomic E-state index is -0.135. The number of ether oxygens (including phenoxy) is 1. The third-order valence-electron chi connectivity index (χ3n) is 3.10. The van der Waals surface area contributed by atoms with Crippen LogP contribution in [-0.4, -0.2) is 10.9 Å². The number of amides is 1. The summed E-state index contributed by atoms with van der Waals surface area (Å²) in [6.45, 7) is 0. The van der Waals surface area contributed by atoms with Crippen molar-refractivity contribution in [1.29, 1.82) is 0 Å². The van der Waals surface area contributed by atoms with Crippen LogP contribution in [0.15, 0.2) is 73.1 Å². The third kappa shape index (κ3) is 4.29. The van der Waals surface area contributed by atoms with Crippen LogP contribution in [0.4, 0.5) is 5.69 Å². The molecule has 5 heteroatoms. The van der Waals surface area contributed by atoms with Crippen LogP contribution in [0.2, 0.25) is 0 Å². The summed E-state index contributed by atoms with van der Waals surface area (Å²) in [7, 11) is 0. The fourth-order valence-electron chi connectivity index (χ4n) is 1.95. The predicted molar refractivity (Wildman–Crippen MR) is 97.9 cm³/mol. The van der Waals surface area contributed by atoms with Crippen molar-refractivity contribution in [3.63, 3.8) is 0 Å². The molecule has 0 atom stereocenters.